The first-order chi connectivity index (χ1) is 14.5. The van der Waals surface area contributed by atoms with E-state index in [1.165, 1.54) is 0 Å². The molecule has 3 N–H and O–H groups in total. The average Bonchev–Trinajstić information content (AvgIpc) is 2.77. The molecule has 0 spiro atoms. The second-order valence-electron chi connectivity index (χ2n) is 6.84. The number of nitrogens with one attached hydrogen (secondary N) is 3. The maximum absolute atomic E-state index is 13.3. The molecule has 30 heavy (non-hydrogen) atoms. The van der Waals surface area contributed by atoms with E-state index in [1.807, 2.05) is 61.5 Å². The van der Waals surface area contributed by atoms with Crippen LogP contribution >= 0.6 is 0 Å². The fraction of sp³-hybridized carbons (Fsp3) is 0.167. The van der Waals surface area contributed by atoms with E-state index in [-0.39, 0.29) is 11.8 Å². The molecule has 0 bridgehead atoms. The Labute approximate surface area is 176 Å². The first-order valence-corrected chi connectivity index (χ1v) is 9.61. The van der Waals surface area contributed by atoms with Gasteiger partial charge in [-0.3, -0.25) is 9.59 Å². The third kappa shape index (κ3) is 4.97. The van der Waals surface area contributed by atoms with E-state index in [9.17, 15) is 9.59 Å². The fourth-order valence-electron chi connectivity index (χ4n) is 3.13. The SMILES string of the molecule is CNC(=O)c1cccc(N[C@@H](C(=O)Nc2cc(C)ccc2OC)c2ccccc2)c1. The molecule has 154 valence electrons. The van der Waals surface area contributed by atoms with Crippen molar-refractivity contribution in [3.8, 4) is 5.75 Å². The summed E-state index contributed by atoms with van der Waals surface area (Å²) in [4.78, 5) is 25.2. The van der Waals surface area contributed by atoms with Gasteiger partial charge < -0.3 is 20.7 Å². The van der Waals surface area contributed by atoms with Gasteiger partial charge in [-0.2, -0.15) is 0 Å². The standard InChI is InChI=1S/C24H25N3O3/c1-16-12-13-21(30-3)20(14-16)27-24(29)22(17-8-5-4-6-9-17)26-19-11-7-10-18(15-19)23(28)25-2/h4-15,22,26H,1-3H3,(H,25,28)(H,27,29)/t22-/m1/s1. The molecule has 2 amide bonds. The molecule has 1 atom stereocenters. The maximum atomic E-state index is 13.3. The third-order valence-corrected chi connectivity index (χ3v) is 4.67. The molecular formula is C24H25N3O3. The Morgan fingerprint density at radius 1 is 0.933 bits per heavy atom. The summed E-state index contributed by atoms with van der Waals surface area (Å²) in [7, 11) is 3.15. The summed E-state index contributed by atoms with van der Waals surface area (Å²) in [6, 6.07) is 21.4. The van der Waals surface area contributed by atoms with Crippen molar-refractivity contribution in [2.75, 3.05) is 24.8 Å². The van der Waals surface area contributed by atoms with Crippen LogP contribution in [0.2, 0.25) is 0 Å². The van der Waals surface area contributed by atoms with Crippen LogP contribution in [0.4, 0.5) is 11.4 Å². The highest BCUT2D eigenvalue weighted by atomic mass is 16.5. The predicted molar refractivity (Wildman–Crippen MR) is 119 cm³/mol. The van der Waals surface area contributed by atoms with Gasteiger partial charge in [-0.25, -0.2) is 0 Å². The lowest BCUT2D eigenvalue weighted by atomic mass is 10.0. The van der Waals surface area contributed by atoms with E-state index < -0.39 is 6.04 Å². The number of benzene rings is 3. The zero-order chi connectivity index (χ0) is 21.5. The molecule has 0 fully saturated rings. The number of carbonyl (C=O) groups excluding carboxylic acids is 2. The van der Waals surface area contributed by atoms with Crippen LogP contribution in [0.5, 0.6) is 5.75 Å². The Morgan fingerprint density at radius 3 is 2.40 bits per heavy atom. The van der Waals surface area contributed by atoms with Crippen molar-refractivity contribution in [1.82, 2.24) is 5.32 Å². The summed E-state index contributed by atoms with van der Waals surface area (Å²) < 4.78 is 5.38. The fourth-order valence-corrected chi connectivity index (χ4v) is 3.13. The van der Waals surface area contributed by atoms with Gasteiger partial charge in [-0.1, -0.05) is 42.5 Å². The van der Waals surface area contributed by atoms with Gasteiger partial charge in [0.25, 0.3) is 11.8 Å². The van der Waals surface area contributed by atoms with Gasteiger partial charge in [0.15, 0.2) is 0 Å². The highest BCUT2D eigenvalue weighted by molar-refractivity contribution is 5.99. The van der Waals surface area contributed by atoms with E-state index in [2.05, 4.69) is 16.0 Å². The minimum Gasteiger partial charge on any atom is -0.495 e. The van der Waals surface area contributed by atoms with Gasteiger partial charge in [0.1, 0.15) is 11.8 Å². The summed E-state index contributed by atoms with van der Waals surface area (Å²) in [5.74, 6) is 0.154. The molecule has 6 heteroatoms. The molecule has 0 aliphatic carbocycles. The summed E-state index contributed by atoms with van der Waals surface area (Å²) >= 11 is 0. The van der Waals surface area contributed by atoms with Crippen molar-refractivity contribution in [1.29, 1.82) is 0 Å². The molecule has 3 aromatic rings. The zero-order valence-corrected chi connectivity index (χ0v) is 17.2. The Balaban J connectivity index is 1.91. The number of hydrogen-bond acceptors (Lipinski definition) is 4. The van der Waals surface area contributed by atoms with Crippen LogP contribution in [0.1, 0.15) is 27.5 Å². The number of amides is 2. The normalized spacial score (nSPS) is 11.3. The van der Waals surface area contributed by atoms with Gasteiger partial charge in [0, 0.05) is 18.3 Å². The highest BCUT2D eigenvalue weighted by Gasteiger charge is 2.22. The monoisotopic (exact) mass is 403 g/mol. The van der Waals surface area contributed by atoms with E-state index in [0.717, 1.165) is 11.1 Å². The molecular weight excluding hydrogens is 378 g/mol. The van der Waals surface area contributed by atoms with E-state index >= 15 is 0 Å². The molecule has 0 unspecified atom stereocenters. The number of carbonyl (C=O) groups is 2. The van der Waals surface area contributed by atoms with Crippen molar-refractivity contribution in [3.63, 3.8) is 0 Å². The van der Waals surface area contributed by atoms with Crippen LogP contribution < -0.4 is 20.7 Å². The first-order valence-electron chi connectivity index (χ1n) is 9.61. The summed E-state index contributed by atoms with van der Waals surface area (Å²) in [6.45, 7) is 1.95. The van der Waals surface area contributed by atoms with Crippen molar-refractivity contribution in [3.05, 3.63) is 89.5 Å². The molecule has 0 saturated carbocycles. The molecule has 0 saturated heterocycles. The zero-order valence-electron chi connectivity index (χ0n) is 17.2. The van der Waals surface area contributed by atoms with E-state index in [4.69, 9.17) is 4.74 Å². The van der Waals surface area contributed by atoms with Crippen molar-refractivity contribution in [2.24, 2.45) is 0 Å². The molecule has 3 aromatic carbocycles. The topological polar surface area (TPSA) is 79.5 Å². The molecule has 0 aliphatic heterocycles. The lowest BCUT2D eigenvalue weighted by Crippen LogP contribution is -2.27. The molecule has 0 aliphatic rings. The lowest BCUT2D eigenvalue weighted by Gasteiger charge is -2.21. The predicted octanol–water partition coefficient (Wildman–Crippen LogP) is 4.16. The Bertz CT molecular complexity index is 1030. The highest BCUT2D eigenvalue weighted by Crippen LogP contribution is 2.28. The van der Waals surface area contributed by atoms with Crippen LogP contribution in [0.3, 0.4) is 0 Å². The van der Waals surface area contributed by atoms with Crippen LogP contribution in [-0.4, -0.2) is 26.0 Å². The quantitative estimate of drug-likeness (QED) is 0.554. The number of aryl methyl sites for hydroxylation is 1. The van der Waals surface area contributed by atoms with E-state index in [1.54, 1.807) is 32.4 Å². The molecule has 0 heterocycles. The maximum Gasteiger partial charge on any atom is 0.251 e. The Hall–Kier alpha value is -3.80. The smallest absolute Gasteiger partial charge is 0.251 e. The van der Waals surface area contributed by atoms with Crippen LogP contribution in [0.25, 0.3) is 0 Å². The van der Waals surface area contributed by atoms with Crippen molar-refractivity contribution >= 4 is 23.2 Å². The second-order valence-corrected chi connectivity index (χ2v) is 6.84. The molecule has 0 aromatic heterocycles. The minimum atomic E-state index is -0.670. The van der Waals surface area contributed by atoms with Crippen LogP contribution in [0.15, 0.2) is 72.8 Å². The van der Waals surface area contributed by atoms with Gasteiger partial charge in [-0.05, 0) is 48.4 Å². The Morgan fingerprint density at radius 2 is 1.70 bits per heavy atom. The second kappa shape index (κ2) is 9.60. The largest absolute Gasteiger partial charge is 0.495 e. The summed E-state index contributed by atoms with van der Waals surface area (Å²) in [5.41, 5.74) is 3.58. The first kappa shape index (κ1) is 20.9. The average molecular weight is 403 g/mol. The summed E-state index contributed by atoms with van der Waals surface area (Å²) in [6.07, 6.45) is 0. The number of methoxy groups -OCH3 is 1. The van der Waals surface area contributed by atoms with Gasteiger partial charge in [0.2, 0.25) is 0 Å². The number of ether oxygens (including phenoxy) is 1. The van der Waals surface area contributed by atoms with Crippen LogP contribution in [-0.2, 0) is 4.79 Å². The lowest BCUT2D eigenvalue weighted by molar-refractivity contribution is -0.117. The van der Waals surface area contributed by atoms with Crippen LogP contribution in [0, 0.1) is 6.92 Å². The molecule has 0 radical (unpaired) electrons. The minimum absolute atomic E-state index is 0.191. The van der Waals surface area contributed by atoms with Crippen molar-refractivity contribution in [2.45, 2.75) is 13.0 Å². The number of rotatable bonds is 7. The number of anilines is 2. The Kier molecular flexibility index (Phi) is 6.70. The van der Waals surface area contributed by atoms with Gasteiger partial charge in [-0.15, -0.1) is 0 Å². The molecule has 3 rings (SSSR count). The van der Waals surface area contributed by atoms with Gasteiger partial charge in [0.05, 0.1) is 12.8 Å². The van der Waals surface area contributed by atoms with Crippen molar-refractivity contribution < 1.29 is 14.3 Å². The van der Waals surface area contributed by atoms with Gasteiger partial charge >= 0.3 is 0 Å². The third-order valence-electron chi connectivity index (χ3n) is 4.67. The summed E-state index contributed by atoms with van der Waals surface area (Å²) in [5, 5.41) is 8.82. The van der Waals surface area contributed by atoms with E-state index in [0.29, 0.717) is 22.7 Å². The number of hydrogen-bond donors (Lipinski definition) is 3. The molecule has 6 nitrogen and oxygen atoms in total.